The Hall–Kier alpha value is -3.26. The summed E-state index contributed by atoms with van der Waals surface area (Å²) in [6.45, 7) is 4.50. The Morgan fingerprint density at radius 2 is 1.77 bits per heavy atom. The largest absolute Gasteiger partial charge is 0.465 e. The molecular weight excluding hydrogens is 613 g/mol. The first-order chi connectivity index (χ1) is 18.0. The molecule has 0 unspecified atom stereocenters. The van der Waals surface area contributed by atoms with Gasteiger partial charge in [-0.25, -0.2) is 23.4 Å². The van der Waals surface area contributed by atoms with Crippen molar-refractivity contribution in [1.29, 1.82) is 0 Å². The normalized spacial score (nSPS) is 12.6. The highest BCUT2D eigenvalue weighted by atomic mass is 79.9. The summed E-state index contributed by atoms with van der Waals surface area (Å²) >= 11 is 4.16. The molecule has 0 aliphatic carbocycles. The number of alkyl halides is 3. The summed E-state index contributed by atoms with van der Waals surface area (Å²) in [5.41, 5.74) is -1.61. The summed E-state index contributed by atoms with van der Waals surface area (Å²) in [5.74, 6) is -2.24. The van der Waals surface area contributed by atoms with E-state index in [2.05, 4.69) is 26.2 Å². The lowest BCUT2D eigenvalue weighted by Crippen LogP contribution is -2.48. The van der Waals surface area contributed by atoms with Gasteiger partial charge in [-0.2, -0.15) is 13.2 Å². The van der Waals surface area contributed by atoms with Crippen LogP contribution in [-0.2, 0) is 17.3 Å². The minimum absolute atomic E-state index is 0.00559. The number of anilines is 1. The van der Waals surface area contributed by atoms with Crippen LogP contribution >= 0.6 is 27.3 Å². The summed E-state index contributed by atoms with van der Waals surface area (Å²) in [6.07, 6.45) is -6.96. The highest BCUT2D eigenvalue weighted by Gasteiger charge is 2.32. The fourth-order valence-corrected chi connectivity index (χ4v) is 5.02. The number of carbonyl (C=O) groups excluding carboxylic acids is 1. The van der Waals surface area contributed by atoms with E-state index >= 15 is 0 Å². The number of rotatable bonds is 7. The molecule has 0 aliphatic rings. The Morgan fingerprint density at radius 3 is 2.33 bits per heavy atom. The van der Waals surface area contributed by atoms with Gasteiger partial charge in [0.1, 0.15) is 11.3 Å². The second-order valence-corrected chi connectivity index (χ2v) is 11.7. The van der Waals surface area contributed by atoms with E-state index in [-0.39, 0.29) is 33.1 Å². The van der Waals surface area contributed by atoms with Crippen molar-refractivity contribution in [3.63, 3.8) is 0 Å². The highest BCUT2D eigenvalue weighted by Crippen LogP contribution is 2.39. The van der Waals surface area contributed by atoms with Crippen molar-refractivity contribution < 1.29 is 41.4 Å². The lowest BCUT2D eigenvalue weighted by molar-refractivity contribution is -0.137. The van der Waals surface area contributed by atoms with E-state index in [1.54, 1.807) is 20.8 Å². The van der Waals surface area contributed by atoms with E-state index in [0.717, 1.165) is 34.4 Å². The average Bonchev–Trinajstić information content (AvgIpc) is 3.18. The molecule has 14 heteroatoms. The van der Waals surface area contributed by atoms with Gasteiger partial charge in [-0.3, -0.25) is 4.90 Å². The summed E-state index contributed by atoms with van der Waals surface area (Å²) < 4.78 is 72.9. The van der Waals surface area contributed by atoms with Crippen molar-refractivity contribution in [1.82, 2.24) is 10.3 Å². The Morgan fingerprint density at radius 1 is 1.13 bits per heavy atom. The summed E-state index contributed by atoms with van der Waals surface area (Å²) in [7, 11) is 0. The lowest BCUT2D eigenvalue weighted by atomic mass is 10.0. The van der Waals surface area contributed by atoms with Gasteiger partial charge in [-0.05, 0) is 73.0 Å². The number of carboxylic acid groups (broad SMARTS) is 1. The summed E-state index contributed by atoms with van der Waals surface area (Å²) in [5, 5.41) is 11.6. The molecule has 0 bridgehead atoms. The zero-order chi connectivity index (χ0) is 29.1. The van der Waals surface area contributed by atoms with E-state index in [4.69, 9.17) is 4.74 Å². The van der Waals surface area contributed by atoms with E-state index in [1.165, 1.54) is 24.3 Å². The van der Waals surface area contributed by atoms with Gasteiger partial charge in [0.25, 0.3) is 0 Å². The van der Waals surface area contributed by atoms with Crippen molar-refractivity contribution in [2.24, 2.45) is 0 Å². The van der Waals surface area contributed by atoms with Gasteiger partial charge in [-0.1, -0.05) is 29.5 Å². The number of benzene rings is 2. The molecule has 1 heterocycles. The van der Waals surface area contributed by atoms with Crippen molar-refractivity contribution in [3.8, 4) is 11.3 Å². The molecule has 2 aromatic carbocycles. The third-order valence-corrected chi connectivity index (χ3v) is 6.85. The molecule has 0 fully saturated rings. The standard InChI is InChI=1S/C25H23BrF5N3O4S/c1-24(2,3)38-23(37)34(21-33-19(20(26)39-21)16-5-4-6-17(27)18(16)28)12-15(32-22(35)36)11-13-7-9-14(10-8-13)25(29,30)31/h4-10,15,32H,11-12H2,1-3H3,(H,35,36)/t15-/m0/s1. The molecule has 1 atom stereocenters. The number of carbonyl (C=O) groups is 2. The second kappa shape index (κ2) is 11.9. The molecule has 3 rings (SSSR count). The molecule has 3 aromatic rings. The van der Waals surface area contributed by atoms with Crippen LogP contribution < -0.4 is 10.2 Å². The number of aromatic nitrogens is 1. The molecule has 2 N–H and O–H groups in total. The van der Waals surface area contributed by atoms with Crippen LogP contribution in [0.5, 0.6) is 0 Å². The molecule has 1 aromatic heterocycles. The van der Waals surface area contributed by atoms with Crippen molar-refractivity contribution >= 4 is 44.6 Å². The number of amides is 2. The molecule has 0 saturated heterocycles. The number of hydrogen-bond donors (Lipinski definition) is 2. The zero-order valence-corrected chi connectivity index (χ0v) is 23.2. The van der Waals surface area contributed by atoms with Gasteiger partial charge in [0.05, 0.1) is 21.9 Å². The molecule has 2 amide bonds. The molecule has 0 saturated carbocycles. The maximum absolute atomic E-state index is 14.5. The number of nitrogens with one attached hydrogen (secondary N) is 1. The Kier molecular flexibility index (Phi) is 9.21. The lowest BCUT2D eigenvalue weighted by Gasteiger charge is -2.29. The van der Waals surface area contributed by atoms with Crippen LogP contribution in [0.15, 0.2) is 46.3 Å². The van der Waals surface area contributed by atoms with Crippen molar-refractivity contribution in [3.05, 3.63) is 69.0 Å². The van der Waals surface area contributed by atoms with Crippen LogP contribution in [-0.4, -0.2) is 40.5 Å². The molecule has 0 spiro atoms. The molecule has 0 aliphatic heterocycles. The fraction of sp³-hybridized carbons (Fsp3) is 0.320. The fourth-order valence-electron chi connectivity index (χ4n) is 3.48. The van der Waals surface area contributed by atoms with Crippen LogP contribution in [0, 0.1) is 11.6 Å². The molecule has 210 valence electrons. The third kappa shape index (κ3) is 8.12. The van der Waals surface area contributed by atoms with Crippen molar-refractivity contribution in [2.75, 3.05) is 11.4 Å². The summed E-state index contributed by atoms with van der Waals surface area (Å²) in [6, 6.07) is 6.69. The monoisotopic (exact) mass is 635 g/mol. The number of hydrogen-bond acceptors (Lipinski definition) is 5. The first-order valence-corrected chi connectivity index (χ1v) is 12.9. The molecular formula is C25H23BrF5N3O4S. The van der Waals surface area contributed by atoms with Gasteiger partial charge < -0.3 is 15.2 Å². The maximum atomic E-state index is 14.5. The van der Waals surface area contributed by atoms with Gasteiger partial charge in [0.15, 0.2) is 16.8 Å². The predicted octanol–water partition coefficient (Wildman–Crippen LogP) is 7.49. The molecule has 0 radical (unpaired) electrons. The van der Waals surface area contributed by atoms with Gasteiger partial charge >= 0.3 is 18.4 Å². The van der Waals surface area contributed by atoms with Gasteiger partial charge in [0.2, 0.25) is 0 Å². The Bertz CT molecular complexity index is 1340. The number of halogens is 6. The summed E-state index contributed by atoms with van der Waals surface area (Å²) in [4.78, 5) is 30.0. The first kappa shape index (κ1) is 30.3. The quantitative estimate of drug-likeness (QED) is 0.263. The van der Waals surface area contributed by atoms with E-state index in [1.807, 2.05) is 0 Å². The maximum Gasteiger partial charge on any atom is 0.416 e. The van der Waals surface area contributed by atoms with Crippen LogP contribution in [0.1, 0.15) is 31.9 Å². The number of nitrogens with zero attached hydrogens (tertiary/aromatic N) is 2. The van der Waals surface area contributed by atoms with Gasteiger partial charge in [0, 0.05) is 5.56 Å². The zero-order valence-electron chi connectivity index (χ0n) is 20.8. The number of ether oxygens (including phenoxy) is 1. The average molecular weight is 636 g/mol. The van der Waals surface area contributed by atoms with Gasteiger partial charge in [-0.15, -0.1) is 0 Å². The predicted molar refractivity (Wildman–Crippen MR) is 139 cm³/mol. The van der Waals surface area contributed by atoms with E-state index < -0.39 is 47.2 Å². The minimum atomic E-state index is -4.54. The second-order valence-electron chi connectivity index (χ2n) is 9.36. The van der Waals surface area contributed by atoms with Crippen LogP contribution in [0.4, 0.5) is 36.7 Å². The SMILES string of the molecule is CC(C)(C)OC(=O)N(C[C@H](Cc1ccc(C(F)(F)F)cc1)NC(=O)O)c1nc(-c2cccc(F)c2F)c(Br)s1. The Labute approximate surface area is 232 Å². The molecule has 7 nitrogen and oxygen atoms in total. The molecule has 39 heavy (non-hydrogen) atoms. The highest BCUT2D eigenvalue weighted by molar-refractivity contribution is 9.11. The van der Waals surface area contributed by atoms with Crippen LogP contribution in [0.3, 0.4) is 0 Å². The minimum Gasteiger partial charge on any atom is -0.465 e. The van der Waals surface area contributed by atoms with E-state index in [0.29, 0.717) is 5.56 Å². The Balaban J connectivity index is 1.98. The smallest absolute Gasteiger partial charge is 0.416 e. The third-order valence-electron chi connectivity index (χ3n) is 5.12. The van der Waals surface area contributed by atoms with Crippen LogP contribution in [0.2, 0.25) is 0 Å². The van der Waals surface area contributed by atoms with Crippen LogP contribution in [0.25, 0.3) is 11.3 Å². The topological polar surface area (TPSA) is 91.8 Å². The first-order valence-electron chi connectivity index (χ1n) is 11.3. The van der Waals surface area contributed by atoms with Crippen molar-refractivity contribution in [2.45, 2.75) is 45.0 Å². The van der Waals surface area contributed by atoms with E-state index in [9.17, 15) is 36.6 Å². The number of thiazole rings is 1.